The van der Waals surface area contributed by atoms with Crippen molar-refractivity contribution in [3.05, 3.63) is 72.9 Å². The molecular weight excluding hydrogens is 906 g/mol. The van der Waals surface area contributed by atoms with Gasteiger partial charge < -0.3 is 107 Å². The largest absolute Gasteiger partial charge is 0.548 e. The average Bonchev–Trinajstić information content (AvgIpc) is 3.99. The van der Waals surface area contributed by atoms with Crippen molar-refractivity contribution in [1.82, 2.24) is 29.9 Å². The fraction of sp³-hybridized carbons (Fsp3) is 0.273. The topological polar surface area (TPSA) is 517 Å². The van der Waals surface area contributed by atoms with Crippen molar-refractivity contribution in [3.8, 4) is 0 Å². The molecule has 3 atom stereocenters. The van der Waals surface area contributed by atoms with Crippen LogP contribution in [0.25, 0.3) is 18.2 Å². The van der Waals surface area contributed by atoms with E-state index >= 15 is 0 Å². The molecule has 3 aromatic heterocycles. The van der Waals surface area contributed by atoms with E-state index in [0.717, 1.165) is 18.2 Å². The molecule has 0 saturated carbocycles. The molecule has 0 fully saturated rings. The summed E-state index contributed by atoms with van der Waals surface area (Å²) in [5.74, 6) is -11.1. The third kappa shape index (κ3) is 43.6. The van der Waals surface area contributed by atoms with E-state index in [-0.39, 0.29) is 59.6 Å². The molecule has 12 N–H and O–H groups in total. The molecule has 0 spiro atoms. The molecule has 336 valence electrons. The number of hydrogen-bond donors (Lipinski definition) is 9. The number of nitrogens with one attached hydrogen (secondary N) is 3. The fourth-order valence-corrected chi connectivity index (χ4v) is 2.74. The van der Waals surface area contributed by atoms with E-state index in [1.807, 2.05) is 0 Å². The summed E-state index contributed by atoms with van der Waals surface area (Å²) in [6, 6.07) is -3.51. The summed E-state index contributed by atoms with van der Waals surface area (Å²) in [5, 5.41) is 83.5. The summed E-state index contributed by atoms with van der Waals surface area (Å²) in [6.45, 7) is 0. The zero-order chi connectivity index (χ0) is 46.6. The van der Waals surface area contributed by atoms with E-state index in [1.165, 1.54) is 55.8 Å². The summed E-state index contributed by atoms with van der Waals surface area (Å²) in [6.07, 6.45) is 14.9. The van der Waals surface area contributed by atoms with Gasteiger partial charge in [-0.05, 0) is 55.7 Å². The van der Waals surface area contributed by atoms with Gasteiger partial charge in [0.2, 0.25) is 0 Å². The maximum absolute atomic E-state index is 9.88. The van der Waals surface area contributed by atoms with Gasteiger partial charge >= 0.3 is 17.9 Å². The maximum Gasteiger partial charge on any atom is 0.303 e. The van der Waals surface area contributed by atoms with Gasteiger partial charge in [0.05, 0.1) is 90.5 Å². The first kappa shape index (κ1) is 60.3. The van der Waals surface area contributed by atoms with Crippen LogP contribution in [0.1, 0.15) is 55.6 Å². The van der Waals surface area contributed by atoms with E-state index < -0.39 is 71.8 Å². The van der Waals surface area contributed by atoms with Crippen LogP contribution in [0.4, 0.5) is 0 Å². The predicted molar refractivity (Wildman–Crippen MR) is 187 cm³/mol. The molecular formula is C33H39MoN9O18-6. The number of hydrogen-bond acceptors (Lipinski definition) is 21. The monoisotopic (exact) mass is 947 g/mol. The smallest absolute Gasteiger partial charge is 0.303 e. The van der Waals surface area contributed by atoms with Crippen molar-refractivity contribution >= 4 is 72.0 Å². The second-order valence-corrected chi connectivity index (χ2v) is 10.6. The molecule has 3 rings (SSSR count). The molecule has 0 aliphatic rings. The molecule has 0 bridgehead atoms. The zero-order valence-corrected chi connectivity index (χ0v) is 33.4. The third-order valence-corrected chi connectivity index (χ3v) is 5.67. The Bertz CT molecular complexity index is 1620. The standard InChI is InChI=1S/3C6H6N2O2.3C5H9NO4.Mo/c3*9-6(10)2-1-5-3-7-4-8-5;3*6-3(5(9)10)1-2-4(7)8;/h3*1-4H,(H,7,8)(H,9,10);3*3H,1-2,6H2,(H,7,8)(H,9,10);/p-6/t;;;3*3-;/m...000./s1. The Morgan fingerprint density at radius 1 is 0.492 bits per heavy atom. The number of carboxylic acid groups (broad SMARTS) is 9. The summed E-state index contributed by atoms with van der Waals surface area (Å²) >= 11 is 0. The fourth-order valence-electron chi connectivity index (χ4n) is 2.74. The second kappa shape index (κ2) is 37.0. The molecule has 3 heterocycles. The number of H-pyrrole nitrogens is 3. The van der Waals surface area contributed by atoms with E-state index in [2.05, 4.69) is 29.9 Å². The molecule has 0 aliphatic carbocycles. The number of carboxylic acids is 9. The molecule has 0 unspecified atom stereocenters. The van der Waals surface area contributed by atoms with E-state index in [4.69, 9.17) is 32.5 Å². The number of rotatable bonds is 18. The minimum atomic E-state index is -1.42. The molecule has 0 aliphatic heterocycles. The van der Waals surface area contributed by atoms with E-state index in [0.29, 0.717) is 17.1 Å². The first-order valence-corrected chi connectivity index (χ1v) is 16.1. The van der Waals surface area contributed by atoms with Gasteiger partial charge in [0.15, 0.2) is 0 Å². The van der Waals surface area contributed by atoms with Crippen LogP contribution in [0, 0.1) is 0 Å². The zero-order valence-electron chi connectivity index (χ0n) is 31.4. The maximum atomic E-state index is 9.88. The SMILES string of the molecule is N[C@@H](CCC(=O)O)C(=O)[O-].N[C@@H](CCC(=O)O)C(=O)[O-].N[C@@H](CCC(=O)O)C(=O)[O-].O=C([O-])C=Cc1cnc[nH]1.O=C([O-])C=Cc1cnc[nH]1.O=C([O-])C=Cc1cnc[nH]1.[Mo]. The number of aliphatic carboxylic acids is 9. The molecule has 0 aromatic carbocycles. The van der Waals surface area contributed by atoms with Crippen LogP contribution in [-0.4, -0.2) is 117 Å². The number of carbonyl (C=O) groups is 9. The summed E-state index contributed by atoms with van der Waals surface area (Å²) in [5.41, 5.74) is 16.7. The Morgan fingerprint density at radius 2 is 0.705 bits per heavy atom. The molecule has 0 saturated heterocycles. The number of imidazole rings is 3. The van der Waals surface area contributed by atoms with Gasteiger partial charge in [-0.15, -0.1) is 0 Å². The van der Waals surface area contributed by atoms with Crippen LogP contribution in [0.15, 0.2) is 55.8 Å². The Hall–Kier alpha value is -7.35. The van der Waals surface area contributed by atoms with Gasteiger partial charge in [-0.1, -0.05) is 0 Å². The van der Waals surface area contributed by atoms with E-state index in [1.54, 1.807) is 0 Å². The summed E-state index contributed by atoms with van der Waals surface area (Å²) in [4.78, 5) is 108. The van der Waals surface area contributed by atoms with E-state index in [9.17, 15) is 73.8 Å². The first-order chi connectivity index (χ1) is 28.0. The third-order valence-electron chi connectivity index (χ3n) is 5.67. The van der Waals surface area contributed by atoms with Crippen LogP contribution >= 0.6 is 0 Å². The van der Waals surface area contributed by atoms with Gasteiger partial charge in [0, 0.05) is 58.5 Å². The van der Waals surface area contributed by atoms with Crippen molar-refractivity contribution in [3.63, 3.8) is 0 Å². The van der Waals surface area contributed by atoms with Gasteiger partial charge in [0.25, 0.3) is 0 Å². The molecule has 0 amide bonds. The Morgan fingerprint density at radius 3 is 0.836 bits per heavy atom. The summed E-state index contributed by atoms with van der Waals surface area (Å²) < 4.78 is 0. The minimum Gasteiger partial charge on any atom is -0.548 e. The second-order valence-electron chi connectivity index (χ2n) is 10.6. The number of nitrogens with zero attached hydrogens (tertiary/aromatic N) is 3. The van der Waals surface area contributed by atoms with Gasteiger partial charge in [-0.3, -0.25) is 14.4 Å². The van der Waals surface area contributed by atoms with Crippen LogP contribution in [0.3, 0.4) is 0 Å². The number of nitrogens with two attached hydrogens (primary N) is 3. The predicted octanol–water partition coefficient (Wildman–Crippen LogP) is -8.70. The average molecular weight is 946 g/mol. The molecule has 0 radical (unpaired) electrons. The van der Waals surface area contributed by atoms with Crippen LogP contribution < -0.4 is 47.8 Å². The summed E-state index contributed by atoms with van der Waals surface area (Å²) in [7, 11) is 0. The van der Waals surface area contributed by atoms with Gasteiger partial charge in [-0.25, -0.2) is 15.0 Å². The molecule has 61 heavy (non-hydrogen) atoms. The van der Waals surface area contributed by atoms with Crippen molar-refractivity contribution in [1.29, 1.82) is 0 Å². The number of aromatic amines is 3. The van der Waals surface area contributed by atoms with Crippen molar-refractivity contribution in [2.45, 2.75) is 56.7 Å². The van der Waals surface area contributed by atoms with Crippen LogP contribution in [0.2, 0.25) is 0 Å². The van der Waals surface area contributed by atoms with Gasteiger partial charge in [0.1, 0.15) is 0 Å². The molecule has 3 aromatic rings. The van der Waals surface area contributed by atoms with Gasteiger partial charge in [-0.2, -0.15) is 0 Å². The van der Waals surface area contributed by atoms with Crippen LogP contribution in [0.5, 0.6) is 0 Å². The molecule has 27 nitrogen and oxygen atoms in total. The quantitative estimate of drug-likeness (QED) is 0.0422. The Kier molecular flexibility index (Phi) is 36.5. The van der Waals surface area contributed by atoms with Crippen molar-refractivity contribution < 1.29 is 110 Å². The normalized spacial score (nSPS) is 11.3. The number of carbonyl (C=O) groups excluding carboxylic acids is 6. The van der Waals surface area contributed by atoms with Crippen LogP contribution in [-0.2, 0) is 64.2 Å². The van der Waals surface area contributed by atoms with Crippen molar-refractivity contribution in [2.75, 3.05) is 0 Å². The first-order valence-electron chi connectivity index (χ1n) is 16.1. The number of aromatic nitrogens is 6. The molecule has 28 heteroatoms. The Balaban J connectivity index is -0.000000319. The minimum absolute atomic E-state index is 0. The Labute approximate surface area is 358 Å². The van der Waals surface area contributed by atoms with Crippen molar-refractivity contribution in [2.24, 2.45) is 17.2 Å².